The van der Waals surface area contributed by atoms with E-state index in [0.29, 0.717) is 24.2 Å². The molecule has 0 radical (unpaired) electrons. The minimum atomic E-state index is -0.325. The minimum Gasteiger partial charge on any atom is -0.457 e. The topological polar surface area (TPSA) is 60.4 Å². The van der Waals surface area contributed by atoms with Gasteiger partial charge in [-0.05, 0) is 60.4 Å². The zero-order valence-electron chi connectivity index (χ0n) is 16.4. The summed E-state index contributed by atoms with van der Waals surface area (Å²) in [5.74, 6) is -0.413. The van der Waals surface area contributed by atoms with Gasteiger partial charge in [0, 0.05) is 17.4 Å². The van der Waals surface area contributed by atoms with Crippen molar-refractivity contribution >= 4 is 17.5 Å². The standard InChI is InChI=1S/C25H24O4/c26-23(14-29-25(28)20-11-18-5-3-6-19(12-20)24(18)27)17-9-8-16-10-15-4-1-2-7-21(15)22(16)13-17/h1-2,4,7-9,13,18-20H,3,5-6,10-12,14H2. The lowest BCUT2D eigenvalue weighted by Gasteiger charge is -2.36. The first-order valence-corrected chi connectivity index (χ1v) is 10.5. The molecule has 5 rings (SSSR count). The Hall–Kier alpha value is -2.75. The molecule has 2 saturated carbocycles. The SMILES string of the molecule is O=C(COC(=O)C1CC2CCCC(C1)C2=O)c1ccc2c(c1)-c1ccccc1C2. The second-order valence-electron chi connectivity index (χ2n) is 8.63. The summed E-state index contributed by atoms with van der Waals surface area (Å²) in [6, 6.07) is 14.0. The Morgan fingerprint density at radius 2 is 1.66 bits per heavy atom. The van der Waals surface area contributed by atoms with Gasteiger partial charge in [-0.3, -0.25) is 14.4 Å². The molecule has 148 valence electrons. The maximum Gasteiger partial charge on any atom is 0.309 e. The summed E-state index contributed by atoms with van der Waals surface area (Å²) in [7, 11) is 0. The van der Waals surface area contributed by atoms with Crippen LogP contribution in [0.1, 0.15) is 53.6 Å². The van der Waals surface area contributed by atoms with E-state index >= 15 is 0 Å². The molecule has 0 aliphatic heterocycles. The van der Waals surface area contributed by atoms with Crippen molar-refractivity contribution in [3.05, 3.63) is 59.2 Å². The molecule has 3 aliphatic rings. The zero-order chi connectivity index (χ0) is 20.0. The molecule has 4 nitrogen and oxygen atoms in total. The van der Waals surface area contributed by atoms with Gasteiger partial charge in [-0.1, -0.05) is 42.8 Å². The Morgan fingerprint density at radius 1 is 0.931 bits per heavy atom. The third-order valence-electron chi connectivity index (χ3n) is 6.85. The van der Waals surface area contributed by atoms with Crippen LogP contribution in [0.15, 0.2) is 42.5 Å². The summed E-state index contributed by atoms with van der Waals surface area (Å²) in [6.45, 7) is -0.237. The molecule has 3 aliphatic carbocycles. The number of fused-ring (bicyclic) bond motifs is 5. The summed E-state index contributed by atoms with van der Waals surface area (Å²) >= 11 is 0. The second-order valence-corrected chi connectivity index (χ2v) is 8.63. The van der Waals surface area contributed by atoms with Gasteiger partial charge >= 0.3 is 5.97 Å². The predicted molar refractivity (Wildman–Crippen MR) is 109 cm³/mol. The Morgan fingerprint density at radius 3 is 2.45 bits per heavy atom. The molecular weight excluding hydrogens is 364 g/mol. The van der Waals surface area contributed by atoms with E-state index in [-0.39, 0.29) is 36.1 Å². The minimum absolute atomic E-state index is 0.00697. The van der Waals surface area contributed by atoms with Crippen LogP contribution in [0.4, 0.5) is 0 Å². The average Bonchev–Trinajstić information content (AvgIpc) is 3.09. The molecule has 0 heterocycles. The molecule has 2 aromatic rings. The fourth-order valence-electron chi connectivity index (χ4n) is 5.31. The summed E-state index contributed by atoms with van der Waals surface area (Å²) in [6.07, 6.45) is 4.89. The number of rotatable bonds is 4. The molecule has 0 N–H and O–H groups in total. The van der Waals surface area contributed by atoms with Crippen LogP contribution >= 0.6 is 0 Å². The van der Waals surface area contributed by atoms with E-state index in [9.17, 15) is 14.4 Å². The van der Waals surface area contributed by atoms with Crippen molar-refractivity contribution in [3.63, 3.8) is 0 Å². The van der Waals surface area contributed by atoms with E-state index in [2.05, 4.69) is 12.1 Å². The highest BCUT2D eigenvalue weighted by molar-refractivity contribution is 6.00. The highest BCUT2D eigenvalue weighted by Gasteiger charge is 2.41. The van der Waals surface area contributed by atoms with Crippen LogP contribution in [0.3, 0.4) is 0 Å². The van der Waals surface area contributed by atoms with Crippen molar-refractivity contribution in [3.8, 4) is 11.1 Å². The van der Waals surface area contributed by atoms with Crippen LogP contribution in [-0.2, 0) is 20.7 Å². The van der Waals surface area contributed by atoms with Crippen LogP contribution < -0.4 is 0 Å². The van der Waals surface area contributed by atoms with Crippen molar-refractivity contribution in [2.24, 2.45) is 17.8 Å². The molecule has 2 bridgehead atoms. The fraction of sp³-hybridized carbons (Fsp3) is 0.400. The molecule has 0 amide bonds. The van der Waals surface area contributed by atoms with Crippen molar-refractivity contribution in [1.82, 2.24) is 0 Å². The largest absolute Gasteiger partial charge is 0.457 e. The van der Waals surface area contributed by atoms with Gasteiger partial charge < -0.3 is 4.74 Å². The van der Waals surface area contributed by atoms with Crippen LogP contribution in [0.25, 0.3) is 11.1 Å². The van der Waals surface area contributed by atoms with Gasteiger partial charge in [0.25, 0.3) is 0 Å². The molecule has 2 unspecified atom stereocenters. The lowest BCUT2D eigenvalue weighted by Crippen LogP contribution is -2.39. The van der Waals surface area contributed by atoms with Gasteiger partial charge in [-0.2, -0.15) is 0 Å². The number of esters is 1. The first kappa shape index (κ1) is 18.3. The van der Waals surface area contributed by atoms with Crippen molar-refractivity contribution in [1.29, 1.82) is 0 Å². The van der Waals surface area contributed by atoms with E-state index in [1.165, 1.54) is 16.7 Å². The molecule has 0 saturated heterocycles. The monoisotopic (exact) mass is 388 g/mol. The number of ketones is 2. The molecule has 0 spiro atoms. The van der Waals surface area contributed by atoms with Crippen molar-refractivity contribution in [2.75, 3.05) is 6.61 Å². The van der Waals surface area contributed by atoms with Crippen LogP contribution in [-0.4, -0.2) is 24.1 Å². The number of benzene rings is 2. The summed E-state index contributed by atoms with van der Waals surface area (Å²) in [5.41, 5.74) is 5.34. The number of carbonyl (C=O) groups is 3. The second kappa shape index (κ2) is 7.25. The third-order valence-corrected chi connectivity index (χ3v) is 6.85. The highest BCUT2D eigenvalue weighted by atomic mass is 16.5. The Labute approximate surface area is 170 Å². The van der Waals surface area contributed by atoms with E-state index in [4.69, 9.17) is 4.74 Å². The third kappa shape index (κ3) is 3.31. The molecule has 4 heteroatoms. The number of hydrogen-bond acceptors (Lipinski definition) is 4. The van der Waals surface area contributed by atoms with Gasteiger partial charge in [0.05, 0.1) is 5.92 Å². The number of Topliss-reactive ketones (excluding diaryl/α,β-unsaturated/α-hetero) is 2. The molecule has 29 heavy (non-hydrogen) atoms. The van der Waals surface area contributed by atoms with E-state index in [1.807, 2.05) is 30.3 Å². The maximum absolute atomic E-state index is 12.7. The first-order chi connectivity index (χ1) is 14.1. The van der Waals surface area contributed by atoms with Gasteiger partial charge in [-0.15, -0.1) is 0 Å². The first-order valence-electron chi connectivity index (χ1n) is 10.5. The van der Waals surface area contributed by atoms with Gasteiger partial charge in [-0.25, -0.2) is 0 Å². The van der Waals surface area contributed by atoms with Crippen LogP contribution in [0, 0.1) is 17.8 Å². The Balaban J connectivity index is 1.24. The normalized spacial score (nSPS) is 24.6. The maximum atomic E-state index is 12.7. The molecule has 2 aromatic carbocycles. The molecule has 0 aromatic heterocycles. The van der Waals surface area contributed by atoms with E-state index < -0.39 is 0 Å². The van der Waals surface area contributed by atoms with Gasteiger partial charge in [0.2, 0.25) is 0 Å². The van der Waals surface area contributed by atoms with Gasteiger partial charge in [0.1, 0.15) is 5.78 Å². The summed E-state index contributed by atoms with van der Waals surface area (Å²) in [4.78, 5) is 37.4. The highest BCUT2D eigenvalue weighted by Crippen LogP contribution is 2.40. The van der Waals surface area contributed by atoms with E-state index in [0.717, 1.165) is 31.2 Å². The fourth-order valence-corrected chi connectivity index (χ4v) is 5.31. The molecule has 2 atom stereocenters. The lowest BCUT2D eigenvalue weighted by atomic mass is 9.67. The van der Waals surface area contributed by atoms with Crippen molar-refractivity contribution in [2.45, 2.75) is 38.5 Å². The predicted octanol–water partition coefficient (Wildman–Crippen LogP) is 4.38. The number of ether oxygens (including phenoxy) is 1. The summed E-state index contributed by atoms with van der Waals surface area (Å²) in [5, 5.41) is 0. The van der Waals surface area contributed by atoms with E-state index in [1.54, 1.807) is 0 Å². The quantitative estimate of drug-likeness (QED) is 0.492. The average molecular weight is 388 g/mol. The van der Waals surface area contributed by atoms with Crippen LogP contribution in [0.2, 0.25) is 0 Å². The zero-order valence-corrected chi connectivity index (χ0v) is 16.4. The Kier molecular flexibility index (Phi) is 4.57. The smallest absolute Gasteiger partial charge is 0.309 e. The lowest BCUT2D eigenvalue weighted by molar-refractivity contribution is -0.152. The van der Waals surface area contributed by atoms with Gasteiger partial charge in [0.15, 0.2) is 12.4 Å². The molecular formula is C25H24O4. The summed E-state index contributed by atoms with van der Waals surface area (Å²) < 4.78 is 5.39. The molecule has 2 fully saturated rings. The van der Waals surface area contributed by atoms with Crippen LogP contribution in [0.5, 0.6) is 0 Å². The Bertz CT molecular complexity index is 990. The number of hydrogen-bond donors (Lipinski definition) is 0. The van der Waals surface area contributed by atoms with Crippen molar-refractivity contribution < 1.29 is 19.1 Å². The number of carbonyl (C=O) groups excluding carboxylic acids is 3.